The second-order valence-corrected chi connectivity index (χ2v) is 3.84. The number of nitrogens with zero attached hydrogens (tertiary/aromatic N) is 2. The molecule has 1 atom stereocenters. The molecule has 1 unspecified atom stereocenters. The molecule has 1 aromatic rings. The van der Waals surface area contributed by atoms with Gasteiger partial charge < -0.3 is 10.2 Å². The Morgan fingerprint density at radius 2 is 2.43 bits per heavy atom. The molecule has 1 aliphatic heterocycles. The fraction of sp³-hybridized carbons (Fsp3) is 0.545. The molecule has 0 bridgehead atoms. The smallest absolute Gasteiger partial charge is 0.0553 e. The lowest BCUT2D eigenvalue weighted by molar-refractivity contribution is 0.566. The molecule has 3 heteroatoms. The van der Waals surface area contributed by atoms with Crippen LogP contribution in [0.5, 0.6) is 0 Å². The maximum absolute atomic E-state index is 4.15. The van der Waals surface area contributed by atoms with Crippen molar-refractivity contribution < 1.29 is 0 Å². The average molecular weight is 191 g/mol. The van der Waals surface area contributed by atoms with Gasteiger partial charge >= 0.3 is 0 Å². The van der Waals surface area contributed by atoms with Crippen molar-refractivity contribution >= 4 is 5.69 Å². The summed E-state index contributed by atoms with van der Waals surface area (Å²) in [6, 6.07) is 4.76. The molecule has 0 radical (unpaired) electrons. The molecule has 0 aliphatic carbocycles. The summed E-state index contributed by atoms with van der Waals surface area (Å²) in [6.45, 7) is 5.51. The third-order valence-corrected chi connectivity index (χ3v) is 2.72. The van der Waals surface area contributed by atoms with Crippen LogP contribution in [0.25, 0.3) is 0 Å². The van der Waals surface area contributed by atoms with Gasteiger partial charge in [-0.25, -0.2) is 0 Å². The summed E-state index contributed by atoms with van der Waals surface area (Å²) in [5.74, 6) is 0. The van der Waals surface area contributed by atoms with Gasteiger partial charge in [0.2, 0.25) is 0 Å². The summed E-state index contributed by atoms with van der Waals surface area (Å²) in [5.41, 5.74) is 1.24. The summed E-state index contributed by atoms with van der Waals surface area (Å²) in [5, 5.41) is 3.48. The molecule has 1 saturated heterocycles. The minimum atomic E-state index is 0.636. The molecule has 76 valence electrons. The largest absolute Gasteiger partial charge is 0.369 e. The highest BCUT2D eigenvalue weighted by molar-refractivity contribution is 5.43. The maximum atomic E-state index is 4.15. The number of pyridine rings is 1. The van der Waals surface area contributed by atoms with E-state index in [1.54, 1.807) is 0 Å². The van der Waals surface area contributed by atoms with Gasteiger partial charge in [-0.1, -0.05) is 0 Å². The van der Waals surface area contributed by atoms with Gasteiger partial charge in [0.05, 0.1) is 11.9 Å². The minimum Gasteiger partial charge on any atom is -0.369 e. The van der Waals surface area contributed by atoms with Crippen LogP contribution in [-0.2, 0) is 0 Å². The van der Waals surface area contributed by atoms with Crippen LogP contribution in [-0.4, -0.2) is 30.7 Å². The van der Waals surface area contributed by atoms with Gasteiger partial charge in [0, 0.05) is 31.9 Å². The van der Waals surface area contributed by atoms with Crippen LogP contribution in [0.15, 0.2) is 24.5 Å². The Balaban J connectivity index is 2.04. The number of hydrogen-bond acceptors (Lipinski definition) is 3. The molecule has 3 nitrogen and oxygen atoms in total. The molecule has 0 amide bonds. The molecule has 0 aromatic carbocycles. The third-order valence-electron chi connectivity index (χ3n) is 2.72. The fourth-order valence-electron chi connectivity index (χ4n) is 1.81. The van der Waals surface area contributed by atoms with Crippen molar-refractivity contribution in [1.82, 2.24) is 10.3 Å². The Labute approximate surface area is 85.1 Å². The number of nitrogens with one attached hydrogen (secondary N) is 1. The van der Waals surface area contributed by atoms with Crippen LogP contribution in [0.3, 0.4) is 0 Å². The van der Waals surface area contributed by atoms with Gasteiger partial charge in [0.25, 0.3) is 0 Å². The number of hydrogen-bond donors (Lipinski definition) is 1. The van der Waals surface area contributed by atoms with Gasteiger partial charge in [-0.3, -0.25) is 4.98 Å². The van der Waals surface area contributed by atoms with Crippen molar-refractivity contribution in [3.05, 3.63) is 24.5 Å². The highest BCUT2D eigenvalue weighted by atomic mass is 15.2. The van der Waals surface area contributed by atoms with Crippen LogP contribution in [0, 0.1) is 0 Å². The Kier molecular flexibility index (Phi) is 2.99. The van der Waals surface area contributed by atoms with Crippen molar-refractivity contribution in [3.63, 3.8) is 0 Å². The van der Waals surface area contributed by atoms with Crippen LogP contribution in [0.2, 0.25) is 0 Å². The van der Waals surface area contributed by atoms with Crippen molar-refractivity contribution in [2.24, 2.45) is 0 Å². The van der Waals surface area contributed by atoms with E-state index in [0.29, 0.717) is 6.04 Å². The first-order valence-corrected chi connectivity index (χ1v) is 5.24. The third kappa shape index (κ3) is 2.23. The van der Waals surface area contributed by atoms with E-state index < -0.39 is 0 Å². The second-order valence-electron chi connectivity index (χ2n) is 3.84. The lowest BCUT2D eigenvalue weighted by atomic mass is 10.2. The van der Waals surface area contributed by atoms with Crippen LogP contribution < -0.4 is 10.2 Å². The van der Waals surface area contributed by atoms with E-state index in [4.69, 9.17) is 0 Å². The van der Waals surface area contributed by atoms with Crippen molar-refractivity contribution in [2.45, 2.75) is 19.4 Å². The predicted molar refractivity (Wildman–Crippen MR) is 58.5 cm³/mol. The van der Waals surface area contributed by atoms with Crippen LogP contribution in [0.4, 0.5) is 5.69 Å². The lowest BCUT2D eigenvalue weighted by Crippen LogP contribution is -2.28. The highest BCUT2D eigenvalue weighted by Gasteiger charge is 2.12. The van der Waals surface area contributed by atoms with E-state index in [1.807, 2.05) is 18.5 Å². The standard InChI is InChI=1S/C11H17N3/c1-10-4-7-14(8-6-13-10)11-3-2-5-12-9-11/h2-3,5,9-10,13H,4,6-8H2,1H3. The molecule has 1 aliphatic rings. The molecule has 1 fully saturated rings. The topological polar surface area (TPSA) is 28.2 Å². The molecule has 1 aromatic heterocycles. The van der Waals surface area contributed by atoms with Crippen molar-refractivity contribution in [2.75, 3.05) is 24.5 Å². The Morgan fingerprint density at radius 1 is 1.50 bits per heavy atom. The molecule has 1 N–H and O–H groups in total. The minimum absolute atomic E-state index is 0.636. The van der Waals surface area contributed by atoms with Gasteiger partial charge in [-0.2, -0.15) is 0 Å². The van der Waals surface area contributed by atoms with Crippen molar-refractivity contribution in [1.29, 1.82) is 0 Å². The van der Waals surface area contributed by atoms with E-state index in [0.717, 1.165) is 19.6 Å². The summed E-state index contributed by atoms with van der Waals surface area (Å²) >= 11 is 0. The summed E-state index contributed by atoms with van der Waals surface area (Å²) in [4.78, 5) is 6.54. The SMILES string of the molecule is CC1CCN(c2cccnc2)CCN1. The lowest BCUT2D eigenvalue weighted by Gasteiger charge is -2.21. The Morgan fingerprint density at radius 3 is 3.21 bits per heavy atom. The van der Waals surface area contributed by atoms with Crippen molar-refractivity contribution in [3.8, 4) is 0 Å². The molecular formula is C11H17N3. The Bertz CT molecular complexity index is 273. The molecule has 0 saturated carbocycles. The zero-order valence-corrected chi connectivity index (χ0v) is 8.61. The average Bonchev–Trinajstić information content (AvgIpc) is 2.44. The van der Waals surface area contributed by atoms with E-state index >= 15 is 0 Å². The number of rotatable bonds is 1. The van der Waals surface area contributed by atoms with Gasteiger partial charge in [0.1, 0.15) is 0 Å². The zero-order valence-electron chi connectivity index (χ0n) is 8.61. The highest BCUT2D eigenvalue weighted by Crippen LogP contribution is 2.13. The molecule has 2 rings (SSSR count). The number of aromatic nitrogens is 1. The molecule has 14 heavy (non-hydrogen) atoms. The van der Waals surface area contributed by atoms with Gasteiger partial charge in [0.15, 0.2) is 0 Å². The fourth-order valence-corrected chi connectivity index (χ4v) is 1.81. The predicted octanol–water partition coefficient (Wildman–Crippen LogP) is 1.27. The van der Waals surface area contributed by atoms with Gasteiger partial charge in [-0.05, 0) is 25.5 Å². The first-order valence-electron chi connectivity index (χ1n) is 5.24. The molecule has 2 heterocycles. The van der Waals surface area contributed by atoms with E-state index in [9.17, 15) is 0 Å². The monoisotopic (exact) mass is 191 g/mol. The first kappa shape index (κ1) is 9.46. The van der Waals surface area contributed by atoms with E-state index in [2.05, 4.69) is 28.2 Å². The normalized spacial score (nSPS) is 23.2. The zero-order chi connectivity index (χ0) is 9.80. The van der Waals surface area contributed by atoms with E-state index in [1.165, 1.54) is 12.1 Å². The van der Waals surface area contributed by atoms with Crippen LogP contribution in [0.1, 0.15) is 13.3 Å². The molecule has 0 spiro atoms. The first-order chi connectivity index (χ1) is 6.86. The molecular weight excluding hydrogens is 174 g/mol. The van der Waals surface area contributed by atoms with E-state index in [-0.39, 0.29) is 0 Å². The summed E-state index contributed by atoms with van der Waals surface area (Å²) in [6.07, 6.45) is 4.97. The summed E-state index contributed by atoms with van der Waals surface area (Å²) < 4.78 is 0. The Hall–Kier alpha value is -1.09. The second kappa shape index (κ2) is 4.42. The van der Waals surface area contributed by atoms with Crippen LogP contribution >= 0.6 is 0 Å². The quantitative estimate of drug-likeness (QED) is 0.724. The summed E-state index contributed by atoms with van der Waals surface area (Å²) in [7, 11) is 0. The van der Waals surface area contributed by atoms with Gasteiger partial charge in [-0.15, -0.1) is 0 Å². The number of anilines is 1. The maximum Gasteiger partial charge on any atom is 0.0553 e.